The number of hydrogen-bond donors (Lipinski definition) is 0. The fourth-order valence-electron chi connectivity index (χ4n) is 4.00. The predicted octanol–water partition coefficient (Wildman–Crippen LogP) is 6.42. The molecular weight excluding hydrogens is 433 g/mol. The largest absolute Gasteiger partial charge is 0.488 e. The van der Waals surface area contributed by atoms with Crippen molar-refractivity contribution in [1.82, 2.24) is 9.66 Å². The SMILES string of the molecule is CC(C)Oc1c(Cl)cc(C=Nn2c(C3CCCCC3)nc3ccccc3c2=O)cc1Cl. The van der Waals surface area contributed by atoms with Crippen molar-refractivity contribution in [3.63, 3.8) is 0 Å². The fourth-order valence-corrected chi connectivity index (χ4v) is 4.60. The van der Waals surface area contributed by atoms with Crippen LogP contribution in [0.2, 0.25) is 10.0 Å². The molecule has 0 bridgehead atoms. The van der Waals surface area contributed by atoms with Gasteiger partial charge in [-0.05, 0) is 56.5 Å². The van der Waals surface area contributed by atoms with Crippen LogP contribution in [0.5, 0.6) is 5.75 Å². The van der Waals surface area contributed by atoms with Crippen molar-refractivity contribution in [2.45, 2.75) is 58.0 Å². The Kier molecular flexibility index (Phi) is 6.63. The average molecular weight is 458 g/mol. The van der Waals surface area contributed by atoms with Gasteiger partial charge in [-0.2, -0.15) is 9.78 Å². The van der Waals surface area contributed by atoms with E-state index in [0.717, 1.165) is 31.5 Å². The summed E-state index contributed by atoms with van der Waals surface area (Å²) in [4.78, 5) is 18.1. The Morgan fingerprint density at radius 3 is 2.48 bits per heavy atom. The van der Waals surface area contributed by atoms with E-state index in [1.807, 2.05) is 32.0 Å². The lowest BCUT2D eigenvalue weighted by molar-refractivity contribution is 0.243. The van der Waals surface area contributed by atoms with Gasteiger partial charge in [0.15, 0.2) is 5.75 Å². The summed E-state index contributed by atoms with van der Waals surface area (Å²) in [6.07, 6.45) is 7.08. The van der Waals surface area contributed by atoms with E-state index in [1.54, 1.807) is 24.4 Å². The predicted molar refractivity (Wildman–Crippen MR) is 127 cm³/mol. The molecule has 0 radical (unpaired) electrons. The lowest BCUT2D eigenvalue weighted by Gasteiger charge is -2.22. The van der Waals surface area contributed by atoms with Crippen LogP contribution in [0.1, 0.15) is 63.3 Å². The molecule has 7 heteroatoms. The number of nitrogens with zero attached hydrogens (tertiary/aromatic N) is 3. The Labute approximate surface area is 191 Å². The quantitative estimate of drug-likeness (QED) is 0.415. The van der Waals surface area contributed by atoms with Gasteiger partial charge in [0.05, 0.1) is 33.3 Å². The van der Waals surface area contributed by atoms with Gasteiger partial charge in [0.1, 0.15) is 5.82 Å². The maximum atomic E-state index is 13.3. The molecular formula is C24H25Cl2N3O2. The van der Waals surface area contributed by atoms with Gasteiger partial charge in [0.25, 0.3) is 5.56 Å². The molecule has 1 heterocycles. The second-order valence-electron chi connectivity index (χ2n) is 8.16. The number of benzene rings is 2. The highest BCUT2D eigenvalue weighted by molar-refractivity contribution is 6.37. The summed E-state index contributed by atoms with van der Waals surface area (Å²) in [6.45, 7) is 3.82. The van der Waals surface area contributed by atoms with E-state index in [9.17, 15) is 4.79 Å². The molecule has 31 heavy (non-hydrogen) atoms. The van der Waals surface area contributed by atoms with Crippen LogP contribution < -0.4 is 10.3 Å². The van der Waals surface area contributed by atoms with Crippen LogP contribution in [0.4, 0.5) is 0 Å². The fraction of sp³-hybridized carbons (Fsp3) is 0.375. The number of halogens is 2. The highest BCUT2D eigenvalue weighted by Crippen LogP contribution is 2.35. The molecule has 1 aliphatic rings. The number of rotatable bonds is 5. The van der Waals surface area contributed by atoms with E-state index in [0.29, 0.717) is 32.3 Å². The van der Waals surface area contributed by atoms with Gasteiger partial charge >= 0.3 is 0 Å². The molecule has 0 aliphatic heterocycles. The van der Waals surface area contributed by atoms with Crippen LogP contribution in [0.15, 0.2) is 46.3 Å². The summed E-state index contributed by atoms with van der Waals surface area (Å²) < 4.78 is 7.13. The summed E-state index contributed by atoms with van der Waals surface area (Å²) in [6, 6.07) is 10.9. The van der Waals surface area contributed by atoms with Crippen LogP contribution in [0.25, 0.3) is 10.9 Å². The monoisotopic (exact) mass is 457 g/mol. The molecule has 4 rings (SSSR count). The van der Waals surface area contributed by atoms with Crippen molar-refractivity contribution in [2.75, 3.05) is 0 Å². The van der Waals surface area contributed by atoms with Gasteiger partial charge in [-0.15, -0.1) is 0 Å². The third-order valence-electron chi connectivity index (χ3n) is 5.45. The lowest BCUT2D eigenvalue weighted by atomic mass is 9.88. The van der Waals surface area contributed by atoms with Crippen LogP contribution >= 0.6 is 23.2 Å². The van der Waals surface area contributed by atoms with Gasteiger partial charge in [-0.3, -0.25) is 4.79 Å². The van der Waals surface area contributed by atoms with E-state index in [1.165, 1.54) is 11.1 Å². The van der Waals surface area contributed by atoms with Crippen molar-refractivity contribution in [2.24, 2.45) is 5.10 Å². The average Bonchev–Trinajstić information content (AvgIpc) is 2.76. The minimum Gasteiger partial charge on any atom is -0.488 e. The van der Waals surface area contributed by atoms with Gasteiger partial charge < -0.3 is 4.74 Å². The van der Waals surface area contributed by atoms with Gasteiger partial charge in [0.2, 0.25) is 0 Å². The highest BCUT2D eigenvalue weighted by atomic mass is 35.5. The molecule has 0 atom stereocenters. The Morgan fingerprint density at radius 2 is 1.81 bits per heavy atom. The molecule has 1 fully saturated rings. The Morgan fingerprint density at radius 1 is 1.13 bits per heavy atom. The number of aromatic nitrogens is 2. The zero-order valence-electron chi connectivity index (χ0n) is 17.6. The van der Waals surface area contributed by atoms with Gasteiger partial charge in [0, 0.05) is 5.92 Å². The Balaban J connectivity index is 1.77. The lowest BCUT2D eigenvalue weighted by Crippen LogP contribution is -2.25. The first kappa shape index (κ1) is 21.8. The minimum atomic E-state index is -0.167. The molecule has 0 amide bonds. The van der Waals surface area contributed by atoms with Crippen molar-refractivity contribution in [1.29, 1.82) is 0 Å². The second kappa shape index (κ2) is 9.41. The second-order valence-corrected chi connectivity index (χ2v) is 8.98. The van der Waals surface area contributed by atoms with Crippen LogP contribution in [0.3, 0.4) is 0 Å². The topological polar surface area (TPSA) is 56.5 Å². The molecule has 162 valence electrons. The summed E-state index contributed by atoms with van der Waals surface area (Å²) in [5, 5.41) is 5.89. The molecule has 0 spiro atoms. The van der Waals surface area contributed by atoms with Crippen LogP contribution in [-0.4, -0.2) is 22.0 Å². The van der Waals surface area contributed by atoms with Gasteiger partial charge in [-0.25, -0.2) is 4.98 Å². The van der Waals surface area contributed by atoms with Crippen LogP contribution in [-0.2, 0) is 0 Å². The number of ether oxygens (including phenoxy) is 1. The third kappa shape index (κ3) is 4.78. The smallest absolute Gasteiger partial charge is 0.282 e. The van der Waals surface area contributed by atoms with Crippen molar-refractivity contribution in [3.05, 3.63) is 68.2 Å². The van der Waals surface area contributed by atoms with E-state index in [-0.39, 0.29) is 17.6 Å². The van der Waals surface area contributed by atoms with E-state index >= 15 is 0 Å². The maximum absolute atomic E-state index is 13.3. The molecule has 1 aromatic heterocycles. The molecule has 1 aliphatic carbocycles. The first-order valence-electron chi connectivity index (χ1n) is 10.7. The number of para-hydroxylation sites is 1. The number of fused-ring (bicyclic) bond motifs is 1. The van der Waals surface area contributed by atoms with Crippen molar-refractivity contribution >= 4 is 40.3 Å². The first-order valence-corrected chi connectivity index (χ1v) is 11.4. The molecule has 2 aromatic carbocycles. The summed E-state index contributed by atoms with van der Waals surface area (Å²) in [5.74, 6) is 1.39. The van der Waals surface area contributed by atoms with E-state index in [4.69, 9.17) is 32.9 Å². The maximum Gasteiger partial charge on any atom is 0.282 e. The zero-order chi connectivity index (χ0) is 22.0. The van der Waals surface area contributed by atoms with Gasteiger partial charge in [-0.1, -0.05) is 54.6 Å². The number of hydrogen-bond acceptors (Lipinski definition) is 4. The normalized spacial score (nSPS) is 15.3. The Bertz CT molecular complexity index is 1160. The molecule has 3 aromatic rings. The summed E-state index contributed by atoms with van der Waals surface area (Å²) >= 11 is 12.7. The molecule has 5 nitrogen and oxygen atoms in total. The molecule has 0 saturated heterocycles. The Hall–Kier alpha value is -2.37. The van der Waals surface area contributed by atoms with Crippen molar-refractivity contribution < 1.29 is 4.74 Å². The molecule has 0 unspecified atom stereocenters. The summed E-state index contributed by atoms with van der Waals surface area (Å²) in [7, 11) is 0. The first-order chi connectivity index (χ1) is 14.9. The summed E-state index contributed by atoms with van der Waals surface area (Å²) in [5.41, 5.74) is 1.22. The molecule has 0 N–H and O–H groups in total. The highest BCUT2D eigenvalue weighted by Gasteiger charge is 2.22. The van der Waals surface area contributed by atoms with E-state index in [2.05, 4.69) is 5.10 Å². The standard InChI is InChI=1S/C24H25Cl2N3O2/c1-15(2)31-22-19(25)12-16(13-20(22)26)14-27-29-23(17-8-4-3-5-9-17)28-21-11-7-6-10-18(21)24(29)30/h6-7,10-15,17H,3-5,8-9H2,1-2H3. The minimum absolute atomic E-state index is 0.0465. The third-order valence-corrected chi connectivity index (χ3v) is 6.01. The zero-order valence-corrected chi connectivity index (χ0v) is 19.2. The van der Waals surface area contributed by atoms with Crippen LogP contribution in [0, 0.1) is 0 Å². The molecule has 1 saturated carbocycles. The van der Waals surface area contributed by atoms with Crippen molar-refractivity contribution in [3.8, 4) is 5.75 Å². The van der Waals surface area contributed by atoms with E-state index < -0.39 is 0 Å².